The first-order valence-electron chi connectivity index (χ1n) is 7.09. The fourth-order valence-electron chi connectivity index (χ4n) is 1.89. The van der Waals surface area contributed by atoms with Crippen LogP contribution in [-0.4, -0.2) is 25.0 Å². The molecule has 0 aliphatic carbocycles. The van der Waals surface area contributed by atoms with E-state index in [1.165, 1.54) is 0 Å². The van der Waals surface area contributed by atoms with Crippen LogP contribution in [0.25, 0.3) is 0 Å². The summed E-state index contributed by atoms with van der Waals surface area (Å²) in [5, 5.41) is 2.72. The van der Waals surface area contributed by atoms with Crippen molar-refractivity contribution in [3.05, 3.63) is 63.2 Å². The molecule has 0 fully saturated rings. The number of nitrogens with two attached hydrogens (primary N) is 1. The lowest BCUT2D eigenvalue weighted by Crippen LogP contribution is -2.24. The third-order valence-electron chi connectivity index (χ3n) is 3.03. The number of primary amides is 1. The highest BCUT2D eigenvalue weighted by Gasteiger charge is 2.08. The van der Waals surface area contributed by atoms with Crippen LogP contribution in [0.1, 0.15) is 20.7 Å². The van der Waals surface area contributed by atoms with Gasteiger partial charge in [-0.2, -0.15) is 0 Å². The molecule has 2 aromatic rings. The second-order valence-corrected chi connectivity index (χ2v) is 5.83. The third kappa shape index (κ3) is 4.99. The van der Waals surface area contributed by atoms with E-state index in [0.717, 1.165) is 3.57 Å². The molecule has 2 rings (SSSR count). The number of hydrogen-bond donors (Lipinski definition) is 2. The highest BCUT2D eigenvalue weighted by molar-refractivity contribution is 14.1. The highest BCUT2D eigenvalue weighted by Crippen LogP contribution is 2.16. The number of ether oxygens (including phenoxy) is 1. The molecule has 5 nitrogen and oxygen atoms in total. The zero-order valence-corrected chi connectivity index (χ0v) is 14.9. The van der Waals surface area contributed by atoms with E-state index in [2.05, 4.69) is 39.7 Å². The van der Waals surface area contributed by atoms with Crippen LogP contribution in [0.2, 0.25) is 0 Å². The topological polar surface area (TPSA) is 81.4 Å². The standard InChI is InChI=1S/C18H15IN2O3/c19-15-9-3-1-7-13(15)18(23)21-11-5-6-12-24-16-10-4-2-8-14(16)17(20)22/h1-4,7-10H,11-12H2,(H2,20,22)(H,21,23). The summed E-state index contributed by atoms with van der Waals surface area (Å²) in [5.41, 5.74) is 6.19. The molecule has 0 saturated carbocycles. The van der Waals surface area contributed by atoms with Crippen LogP contribution in [0.15, 0.2) is 48.5 Å². The molecule has 0 aliphatic heterocycles. The Morgan fingerprint density at radius 1 is 1.04 bits per heavy atom. The van der Waals surface area contributed by atoms with Gasteiger partial charge in [-0.3, -0.25) is 9.59 Å². The molecule has 0 atom stereocenters. The summed E-state index contributed by atoms with van der Waals surface area (Å²) in [4.78, 5) is 23.2. The molecule has 6 heteroatoms. The van der Waals surface area contributed by atoms with E-state index < -0.39 is 5.91 Å². The van der Waals surface area contributed by atoms with Gasteiger partial charge in [-0.15, -0.1) is 0 Å². The number of benzene rings is 2. The molecule has 0 heterocycles. The summed E-state index contributed by atoms with van der Waals surface area (Å²) in [7, 11) is 0. The Kier molecular flexibility index (Phi) is 6.63. The molecule has 2 aromatic carbocycles. The zero-order chi connectivity index (χ0) is 17.4. The summed E-state index contributed by atoms with van der Waals surface area (Å²) in [6, 6.07) is 14.0. The molecule has 0 spiro atoms. The van der Waals surface area contributed by atoms with Gasteiger partial charge in [0.05, 0.1) is 17.7 Å². The van der Waals surface area contributed by atoms with Crippen LogP contribution in [0.3, 0.4) is 0 Å². The maximum atomic E-state index is 12.0. The van der Waals surface area contributed by atoms with Gasteiger partial charge in [0.1, 0.15) is 12.4 Å². The predicted molar refractivity (Wildman–Crippen MR) is 99.7 cm³/mol. The Hall–Kier alpha value is -2.53. The van der Waals surface area contributed by atoms with Crippen molar-refractivity contribution in [1.29, 1.82) is 0 Å². The minimum Gasteiger partial charge on any atom is -0.480 e. The van der Waals surface area contributed by atoms with E-state index in [4.69, 9.17) is 10.5 Å². The van der Waals surface area contributed by atoms with Crippen molar-refractivity contribution in [2.24, 2.45) is 5.73 Å². The molecule has 0 aliphatic rings. The Labute approximate surface area is 153 Å². The van der Waals surface area contributed by atoms with Crippen molar-refractivity contribution in [2.75, 3.05) is 13.2 Å². The normalized spacial score (nSPS) is 9.54. The van der Waals surface area contributed by atoms with E-state index >= 15 is 0 Å². The highest BCUT2D eigenvalue weighted by atomic mass is 127. The van der Waals surface area contributed by atoms with Gasteiger partial charge in [-0.1, -0.05) is 36.1 Å². The molecule has 0 unspecified atom stereocenters. The SMILES string of the molecule is NC(=O)c1ccccc1OCC#CCNC(=O)c1ccccc1I. The van der Waals surface area contributed by atoms with Crippen molar-refractivity contribution in [3.8, 4) is 17.6 Å². The summed E-state index contributed by atoms with van der Waals surface area (Å²) in [6.07, 6.45) is 0. The van der Waals surface area contributed by atoms with Gasteiger partial charge in [0.25, 0.3) is 11.8 Å². The fraction of sp³-hybridized carbons (Fsp3) is 0.111. The second-order valence-electron chi connectivity index (χ2n) is 4.67. The molecule has 2 amide bonds. The van der Waals surface area contributed by atoms with Crippen molar-refractivity contribution >= 4 is 34.4 Å². The van der Waals surface area contributed by atoms with E-state index in [-0.39, 0.29) is 19.1 Å². The van der Waals surface area contributed by atoms with Crippen molar-refractivity contribution in [3.63, 3.8) is 0 Å². The quantitative estimate of drug-likeness (QED) is 0.560. The average Bonchev–Trinajstić information content (AvgIpc) is 2.58. The van der Waals surface area contributed by atoms with Gasteiger partial charge in [-0.25, -0.2) is 0 Å². The largest absolute Gasteiger partial charge is 0.480 e. The number of amides is 2. The van der Waals surface area contributed by atoms with Crippen molar-refractivity contribution in [2.45, 2.75) is 0 Å². The van der Waals surface area contributed by atoms with Crippen LogP contribution < -0.4 is 15.8 Å². The number of carbonyl (C=O) groups excluding carboxylic acids is 2. The zero-order valence-electron chi connectivity index (χ0n) is 12.7. The minimum atomic E-state index is -0.553. The molecular weight excluding hydrogens is 419 g/mol. The fourth-order valence-corrected chi connectivity index (χ4v) is 2.52. The van der Waals surface area contributed by atoms with Gasteiger partial charge in [0, 0.05) is 3.57 Å². The van der Waals surface area contributed by atoms with Gasteiger partial charge in [0.15, 0.2) is 0 Å². The summed E-state index contributed by atoms with van der Waals surface area (Å²) in [6.45, 7) is 0.313. The van der Waals surface area contributed by atoms with Crippen LogP contribution in [0.5, 0.6) is 5.75 Å². The molecule has 0 bridgehead atoms. The number of nitrogens with one attached hydrogen (secondary N) is 1. The van der Waals surface area contributed by atoms with E-state index in [0.29, 0.717) is 16.9 Å². The van der Waals surface area contributed by atoms with Crippen molar-refractivity contribution < 1.29 is 14.3 Å². The Balaban J connectivity index is 1.82. The van der Waals surface area contributed by atoms with Gasteiger partial charge in [0.2, 0.25) is 0 Å². The summed E-state index contributed by atoms with van der Waals surface area (Å²) in [5.74, 6) is 5.25. The molecule has 0 aromatic heterocycles. The Bertz CT molecular complexity index is 809. The first kappa shape index (κ1) is 17.8. The first-order chi connectivity index (χ1) is 11.6. The Morgan fingerprint density at radius 3 is 2.42 bits per heavy atom. The lowest BCUT2D eigenvalue weighted by Gasteiger charge is -2.06. The molecule has 3 N–H and O–H groups in total. The number of rotatable bonds is 5. The second kappa shape index (κ2) is 8.93. The van der Waals surface area contributed by atoms with Gasteiger partial charge < -0.3 is 15.8 Å². The van der Waals surface area contributed by atoms with E-state index in [1.54, 1.807) is 30.3 Å². The smallest absolute Gasteiger partial charge is 0.253 e. The molecule has 0 radical (unpaired) electrons. The molecule has 122 valence electrons. The number of halogens is 1. The molecule has 24 heavy (non-hydrogen) atoms. The lowest BCUT2D eigenvalue weighted by molar-refractivity contribution is 0.0956. The Morgan fingerprint density at radius 2 is 1.71 bits per heavy atom. The molecule has 0 saturated heterocycles. The molecular formula is C18H15IN2O3. The van der Waals surface area contributed by atoms with E-state index in [1.807, 2.05) is 18.2 Å². The third-order valence-corrected chi connectivity index (χ3v) is 3.97. The van der Waals surface area contributed by atoms with Crippen LogP contribution in [0, 0.1) is 15.4 Å². The van der Waals surface area contributed by atoms with Gasteiger partial charge >= 0.3 is 0 Å². The average molecular weight is 434 g/mol. The predicted octanol–water partition coefficient (Wildman–Crippen LogP) is 2.20. The number of carbonyl (C=O) groups is 2. The maximum Gasteiger partial charge on any atom is 0.253 e. The van der Waals surface area contributed by atoms with E-state index in [9.17, 15) is 9.59 Å². The van der Waals surface area contributed by atoms with Crippen LogP contribution >= 0.6 is 22.6 Å². The number of para-hydroxylation sites is 1. The lowest BCUT2D eigenvalue weighted by atomic mass is 10.2. The summed E-state index contributed by atoms with van der Waals surface area (Å²) >= 11 is 2.11. The summed E-state index contributed by atoms with van der Waals surface area (Å²) < 4.78 is 6.30. The van der Waals surface area contributed by atoms with Crippen LogP contribution in [-0.2, 0) is 0 Å². The number of hydrogen-bond acceptors (Lipinski definition) is 3. The first-order valence-corrected chi connectivity index (χ1v) is 8.17. The monoisotopic (exact) mass is 434 g/mol. The minimum absolute atomic E-state index is 0.100. The van der Waals surface area contributed by atoms with Gasteiger partial charge in [-0.05, 0) is 46.9 Å². The van der Waals surface area contributed by atoms with Crippen molar-refractivity contribution in [1.82, 2.24) is 5.32 Å². The maximum absolute atomic E-state index is 12.0. The van der Waals surface area contributed by atoms with Crippen LogP contribution in [0.4, 0.5) is 0 Å².